The van der Waals surface area contributed by atoms with E-state index in [9.17, 15) is 8.78 Å². The zero-order valence-corrected chi connectivity index (χ0v) is 18.7. The Bertz CT molecular complexity index is 608. The molecular formula is C21H34F2O4Si. The molecule has 0 aromatic heterocycles. The minimum atomic E-state index is -2.74. The van der Waals surface area contributed by atoms with Crippen LogP contribution in [0.2, 0.25) is 5.54 Å². The summed E-state index contributed by atoms with van der Waals surface area (Å²) in [5.74, 6) is -1.24. The summed E-state index contributed by atoms with van der Waals surface area (Å²) < 4.78 is 51.3. The van der Waals surface area contributed by atoms with Gasteiger partial charge in [0.1, 0.15) is 0 Å². The van der Waals surface area contributed by atoms with Gasteiger partial charge in [-0.05, 0) is 62.5 Å². The van der Waals surface area contributed by atoms with E-state index in [4.69, 9.17) is 18.0 Å². The van der Waals surface area contributed by atoms with Crippen LogP contribution in [0.15, 0.2) is 12.1 Å². The molecule has 7 heteroatoms. The summed E-state index contributed by atoms with van der Waals surface area (Å²) in [4.78, 5) is 0. The lowest BCUT2D eigenvalue weighted by molar-refractivity contribution is 0.0925. The Balaban J connectivity index is 2.14. The fourth-order valence-corrected chi connectivity index (χ4v) is 7.64. The summed E-state index contributed by atoms with van der Waals surface area (Å²) in [5.41, 5.74) is 0.681. The van der Waals surface area contributed by atoms with Gasteiger partial charge in [-0.2, -0.15) is 4.39 Å². The molecule has 1 fully saturated rings. The molecule has 0 heterocycles. The maximum absolute atomic E-state index is 14.6. The first-order valence-electron chi connectivity index (χ1n) is 10.2. The molecular weight excluding hydrogens is 382 g/mol. The topological polar surface area (TPSA) is 36.9 Å². The van der Waals surface area contributed by atoms with Gasteiger partial charge >= 0.3 is 8.80 Å². The molecule has 0 aliphatic heterocycles. The third kappa shape index (κ3) is 4.75. The first-order chi connectivity index (χ1) is 13.5. The summed E-state index contributed by atoms with van der Waals surface area (Å²) in [6, 6.07) is 3.22. The summed E-state index contributed by atoms with van der Waals surface area (Å²) in [6.45, 7) is 4.21. The first kappa shape index (κ1) is 23.3. The molecule has 1 aliphatic rings. The number of hydrogen-bond donors (Lipinski definition) is 0. The molecule has 0 N–H and O–H groups in total. The normalized spacial score (nSPS) is 21.5. The molecule has 1 atom stereocenters. The fourth-order valence-electron chi connectivity index (χ4n) is 4.68. The van der Waals surface area contributed by atoms with Gasteiger partial charge in [0.2, 0.25) is 5.82 Å². The summed E-state index contributed by atoms with van der Waals surface area (Å²) in [6.07, 6.45) is 5.48. The van der Waals surface area contributed by atoms with E-state index in [1.165, 1.54) is 0 Å². The molecule has 1 aromatic carbocycles. The van der Waals surface area contributed by atoms with Gasteiger partial charge in [0.15, 0.2) is 11.6 Å². The van der Waals surface area contributed by atoms with Crippen molar-refractivity contribution in [3.05, 3.63) is 29.3 Å². The highest BCUT2D eigenvalue weighted by molar-refractivity contribution is 6.62. The van der Waals surface area contributed by atoms with Gasteiger partial charge in [0.05, 0.1) is 6.61 Å². The number of ether oxygens (including phenoxy) is 1. The third-order valence-corrected chi connectivity index (χ3v) is 9.44. The summed E-state index contributed by atoms with van der Waals surface area (Å²) in [5, 5.41) is 0. The third-order valence-electron chi connectivity index (χ3n) is 6.06. The molecule has 28 heavy (non-hydrogen) atoms. The van der Waals surface area contributed by atoms with Gasteiger partial charge in [-0.1, -0.05) is 19.4 Å². The van der Waals surface area contributed by atoms with Crippen LogP contribution in [-0.2, 0) is 13.3 Å². The van der Waals surface area contributed by atoms with Gasteiger partial charge in [-0.15, -0.1) is 0 Å². The van der Waals surface area contributed by atoms with E-state index in [0.717, 1.165) is 38.5 Å². The molecule has 1 aromatic rings. The molecule has 1 unspecified atom stereocenters. The average molecular weight is 417 g/mol. The van der Waals surface area contributed by atoms with Crippen LogP contribution in [0.5, 0.6) is 5.75 Å². The van der Waals surface area contributed by atoms with Gasteiger partial charge in [0.25, 0.3) is 0 Å². The molecule has 0 bridgehead atoms. The molecule has 0 spiro atoms. The van der Waals surface area contributed by atoms with Crippen LogP contribution in [0, 0.1) is 17.6 Å². The Morgan fingerprint density at radius 1 is 0.964 bits per heavy atom. The average Bonchev–Trinajstić information content (AvgIpc) is 2.73. The quantitative estimate of drug-likeness (QED) is 0.460. The number of halogens is 2. The highest BCUT2D eigenvalue weighted by Crippen LogP contribution is 2.47. The highest BCUT2D eigenvalue weighted by Gasteiger charge is 2.50. The molecule has 0 radical (unpaired) electrons. The minimum Gasteiger partial charge on any atom is -0.491 e. The standard InChI is InChI=1S/C21H34F2O4Si/c1-6-8-19(28(24-3,25-4)26-5)16-11-9-15(10-12-16)17-13-14-18(27-7-2)21(23)20(17)22/h13-16,19H,6-12H2,1-5H3/t15-,16-,19?. The van der Waals surface area contributed by atoms with Crippen LogP contribution in [0.25, 0.3) is 0 Å². The highest BCUT2D eigenvalue weighted by atomic mass is 28.4. The van der Waals surface area contributed by atoms with Gasteiger partial charge < -0.3 is 18.0 Å². The second kappa shape index (κ2) is 10.7. The molecule has 160 valence electrons. The molecule has 2 rings (SSSR count). The van der Waals surface area contributed by atoms with Crippen molar-refractivity contribution < 1.29 is 26.8 Å². The van der Waals surface area contributed by atoms with Gasteiger partial charge in [-0.3, -0.25) is 0 Å². The largest absolute Gasteiger partial charge is 0.503 e. The van der Waals surface area contributed by atoms with Crippen molar-refractivity contribution in [2.75, 3.05) is 27.9 Å². The van der Waals surface area contributed by atoms with E-state index in [2.05, 4.69) is 6.92 Å². The van der Waals surface area contributed by atoms with Crippen LogP contribution >= 0.6 is 0 Å². The smallest absolute Gasteiger partial charge is 0.491 e. The van der Waals surface area contributed by atoms with Crippen LogP contribution in [-0.4, -0.2) is 36.7 Å². The SMILES string of the molecule is CCCC([C@H]1CC[C@H](c2ccc(OCC)c(F)c2F)CC1)[Si](OC)(OC)OC. The molecule has 0 saturated heterocycles. The molecule has 1 saturated carbocycles. The predicted molar refractivity (Wildman–Crippen MR) is 108 cm³/mol. The Hall–Kier alpha value is -1.02. The van der Waals surface area contributed by atoms with E-state index < -0.39 is 20.4 Å². The van der Waals surface area contributed by atoms with Crippen LogP contribution in [0.4, 0.5) is 8.78 Å². The van der Waals surface area contributed by atoms with Crippen molar-refractivity contribution in [3.63, 3.8) is 0 Å². The van der Waals surface area contributed by atoms with E-state index in [-0.39, 0.29) is 17.2 Å². The molecule has 0 amide bonds. The van der Waals surface area contributed by atoms with Crippen LogP contribution in [0.3, 0.4) is 0 Å². The lowest BCUT2D eigenvalue weighted by Crippen LogP contribution is -2.50. The van der Waals surface area contributed by atoms with Crippen molar-refractivity contribution in [1.29, 1.82) is 0 Å². The fraction of sp³-hybridized carbons (Fsp3) is 0.714. The monoisotopic (exact) mass is 416 g/mol. The van der Waals surface area contributed by atoms with Crippen molar-refractivity contribution in [2.45, 2.75) is 63.8 Å². The van der Waals surface area contributed by atoms with Gasteiger partial charge in [-0.25, -0.2) is 4.39 Å². The van der Waals surface area contributed by atoms with Crippen molar-refractivity contribution >= 4 is 8.80 Å². The number of hydrogen-bond acceptors (Lipinski definition) is 4. The van der Waals surface area contributed by atoms with Crippen molar-refractivity contribution in [3.8, 4) is 5.75 Å². The van der Waals surface area contributed by atoms with Crippen molar-refractivity contribution in [2.24, 2.45) is 5.92 Å². The lowest BCUT2D eigenvalue weighted by Gasteiger charge is -2.40. The Morgan fingerprint density at radius 2 is 1.57 bits per heavy atom. The number of benzene rings is 1. The van der Waals surface area contributed by atoms with Crippen LogP contribution < -0.4 is 4.74 Å². The molecule has 1 aliphatic carbocycles. The van der Waals surface area contributed by atoms with Crippen molar-refractivity contribution in [1.82, 2.24) is 0 Å². The minimum absolute atomic E-state index is 0.0171. The van der Waals surface area contributed by atoms with E-state index in [1.54, 1.807) is 40.4 Å². The van der Waals surface area contributed by atoms with Crippen LogP contribution in [0.1, 0.15) is 63.9 Å². The Kier molecular flexibility index (Phi) is 8.86. The second-order valence-corrected chi connectivity index (χ2v) is 10.6. The second-order valence-electron chi connectivity index (χ2n) is 7.44. The summed E-state index contributed by atoms with van der Waals surface area (Å²) >= 11 is 0. The first-order valence-corrected chi connectivity index (χ1v) is 12.0. The predicted octanol–water partition coefficient (Wildman–Crippen LogP) is 5.69. The maximum Gasteiger partial charge on any atom is 0.503 e. The summed E-state index contributed by atoms with van der Waals surface area (Å²) in [7, 11) is 2.23. The maximum atomic E-state index is 14.6. The van der Waals surface area contributed by atoms with Gasteiger partial charge in [0, 0.05) is 26.9 Å². The van der Waals surface area contributed by atoms with E-state index in [0.29, 0.717) is 18.1 Å². The zero-order valence-electron chi connectivity index (χ0n) is 17.7. The Morgan fingerprint density at radius 3 is 2.07 bits per heavy atom. The number of rotatable bonds is 10. The zero-order chi connectivity index (χ0) is 20.7. The Labute approximate surface area is 168 Å². The molecule has 4 nitrogen and oxygen atoms in total. The van der Waals surface area contributed by atoms with E-state index in [1.807, 2.05) is 0 Å². The van der Waals surface area contributed by atoms with E-state index >= 15 is 0 Å². The lowest BCUT2D eigenvalue weighted by atomic mass is 9.76.